The van der Waals surface area contributed by atoms with E-state index in [1.54, 1.807) is 24.4 Å². The lowest BCUT2D eigenvalue weighted by Gasteiger charge is -2.25. The summed E-state index contributed by atoms with van der Waals surface area (Å²) in [6.07, 6.45) is 0.381. The Morgan fingerprint density at radius 1 is 1.25 bits per heavy atom. The third-order valence-electron chi connectivity index (χ3n) is 4.17. The predicted octanol–water partition coefficient (Wildman–Crippen LogP) is 2.56. The molecule has 124 valence electrons. The van der Waals surface area contributed by atoms with E-state index in [1.165, 1.54) is 11.3 Å². The first-order valence-electron chi connectivity index (χ1n) is 7.57. The normalized spacial score (nSPS) is 20.2. The summed E-state index contributed by atoms with van der Waals surface area (Å²) in [6.45, 7) is 3.62. The van der Waals surface area contributed by atoms with Crippen LogP contribution in [-0.2, 0) is 10.3 Å². The highest BCUT2D eigenvalue weighted by Gasteiger charge is 2.52. The van der Waals surface area contributed by atoms with Crippen LogP contribution >= 0.6 is 11.3 Å². The van der Waals surface area contributed by atoms with Gasteiger partial charge in [-0.1, -0.05) is 37.3 Å². The minimum absolute atomic E-state index is 0.381. The number of hydrazine groups is 1. The van der Waals surface area contributed by atoms with Crippen molar-refractivity contribution >= 4 is 29.2 Å². The fourth-order valence-corrected chi connectivity index (χ4v) is 3.61. The Morgan fingerprint density at radius 3 is 2.54 bits per heavy atom. The van der Waals surface area contributed by atoms with Gasteiger partial charge in [0.05, 0.1) is 4.88 Å². The smallest absolute Gasteiger partial charge is 0.318 e. The van der Waals surface area contributed by atoms with Crippen molar-refractivity contribution in [2.24, 2.45) is 0 Å². The van der Waals surface area contributed by atoms with E-state index in [0.29, 0.717) is 16.9 Å². The van der Waals surface area contributed by atoms with Gasteiger partial charge >= 0.3 is 6.03 Å². The molecule has 3 rings (SSSR count). The molecule has 24 heavy (non-hydrogen) atoms. The van der Waals surface area contributed by atoms with Crippen molar-refractivity contribution in [3.8, 4) is 0 Å². The van der Waals surface area contributed by atoms with Crippen LogP contribution in [0.15, 0.2) is 41.8 Å². The molecule has 4 amide bonds. The van der Waals surface area contributed by atoms with Gasteiger partial charge in [-0.05, 0) is 35.9 Å². The van der Waals surface area contributed by atoms with E-state index in [9.17, 15) is 14.4 Å². The van der Waals surface area contributed by atoms with Gasteiger partial charge in [0, 0.05) is 0 Å². The predicted molar refractivity (Wildman–Crippen MR) is 90.3 cm³/mol. The standard InChI is InChI=1S/C17H17N3O3S/c1-3-17(12-7-5-4-6-8-12)15(22)20(16(23)18-17)19-14(21)13-11(2)9-10-24-13/h4-10H,3H2,1-2H3,(H,18,23)(H,19,21)/t17-/m1/s1. The molecule has 0 radical (unpaired) electrons. The van der Waals surface area contributed by atoms with Crippen LogP contribution in [0.5, 0.6) is 0 Å². The van der Waals surface area contributed by atoms with Crippen LogP contribution in [0.1, 0.15) is 34.1 Å². The maximum absolute atomic E-state index is 12.9. The molecule has 1 aliphatic rings. The summed E-state index contributed by atoms with van der Waals surface area (Å²) in [5.41, 5.74) is 2.76. The number of carbonyl (C=O) groups excluding carboxylic acids is 3. The van der Waals surface area contributed by atoms with E-state index in [-0.39, 0.29) is 0 Å². The van der Waals surface area contributed by atoms with Gasteiger partial charge in [-0.3, -0.25) is 15.0 Å². The monoisotopic (exact) mass is 343 g/mol. The maximum Gasteiger partial charge on any atom is 0.344 e. The molecule has 2 heterocycles. The van der Waals surface area contributed by atoms with Gasteiger partial charge in [0.15, 0.2) is 0 Å². The zero-order valence-electron chi connectivity index (χ0n) is 13.3. The van der Waals surface area contributed by atoms with E-state index >= 15 is 0 Å². The number of hydrogen-bond donors (Lipinski definition) is 2. The molecule has 7 heteroatoms. The van der Waals surface area contributed by atoms with Gasteiger partial charge in [0.1, 0.15) is 5.54 Å². The molecule has 0 saturated carbocycles. The van der Waals surface area contributed by atoms with E-state index in [4.69, 9.17) is 0 Å². The average Bonchev–Trinajstić information content (AvgIpc) is 3.12. The summed E-state index contributed by atoms with van der Waals surface area (Å²) >= 11 is 1.26. The van der Waals surface area contributed by atoms with E-state index in [0.717, 1.165) is 10.6 Å². The molecule has 0 spiro atoms. The van der Waals surface area contributed by atoms with Crippen molar-refractivity contribution in [2.45, 2.75) is 25.8 Å². The maximum atomic E-state index is 12.9. The van der Waals surface area contributed by atoms with Crippen molar-refractivity contribution < 1.29 is 14.4 Å². The van der Waals surface area contributed by atoms with Crippen LogP contribution in [0, 0.1) is 6.92 Å². The molecule has 1 saturated heterocycles. The highest BCUT2D eigenvalue weighted by Crippen LogP contribution is 2.31. The molecule has 1 atom stereocenters. The fraction of sp³-hybridized carbons (Fsp3) is 0.235. The lowest BCUT2D eigenvalue weighted by atomic mass is 9.87. The molecule has 6 nitrogen and oxygen atoms in total. The number of hydrogen-bond acceptors (Lipinski definition) is 4. The van der Waals surface area contributed by atoms with Crippen molar-refractivity contribution in [1.82, 2.24) is 15.8 Å². The van der Waals surface area contributed by atoms with Crippen LogP contribution in [0.4, 0.5) is 4.79 Å². The molecule has 0 bridgehead atoms. The molecule has 1 aromatic heterocycles. The van der Waals surface area contributed by atoms with Crippen molar-refractivity contribution in [3.63, 3.8) is 0 Å². The third-order valence-corrected chi connectivity index (χ3v) is 5.19. The summed E-state index contributed by atoms with van der Waals surface area (Å²) in [7, 11) is 0. The number of benzene rings is 1. The number of nitrogens with zero attached hydrogens (tertiary/aromatic N) is 1. The first-order valence-corrected chi connectivity index (χ1v) is 8.45. The quantitative estimate of drug-likeness (QED) is 0.838. The van der Waals surface area contributed by atoms with Gasteiger partial charge in [0.2, 0.25) is 0 Å². The topological polar surface area (TPSA) is 78.5 Å². The summed E-state index contributed by atoms with van der Waals surface area (Å²) in [6, 6.07) is 10.2. The number of nitrogens with one attached hydrogen (secondary N) is 2. The molecule has 0 unspecified atom stereocenters. The average molecular weight is 343 g/mol. The van der Waals surface area contributed by atoms with Crippen molar-refractivity contribution in [3.05, 3.63) is 57.8 Å². The Bertz CT molecular complexity index is 802. The second-order valence-corrected chi connectivity index (χ2v) is 6.49. The van der Waals surface area contributed by atoms with Crippen molar-refractivity contribution in [1.29, 1.82) is 0 Å². The number of amides is 4. The van der Waals surface area contributed by atoms with Gasteiger partial charge in [0.25, 0.3) is 11.8 Å². The molecule has 1 aliphatic heterocycles. The SMILES string of the molecule is CC[C@]1(c2ccccc2)NC(=O)N(NC(=O)c2sccc2C)C1=O. The first kappa shape index (κ1) is 16.2. The second kappa shape index (κ2) is 6.09. The molecular formula is C17H17N3O3S. The minimum atomic E-state index is -1.16. The zero-order chi connectivity index (χ0) is 17.3. The minimum Gasteiger partial charge on any atom is -0.318 e. The molecular weight excluding hydrogens is 326 g/mol. The van der Waals surface area contributed by atoms with Gasteiger partial charge in [-0.2, -0.15) is 5.01 Å². The van der Waals surface area contributed by atoms with Gasteiger partial charge in [-0.15, -0.1) is 11.3 Å². The highest BCUT2D eigenvalue weighted by molar-refractivity contribution is 7.12. The number of thiophene rings is 1. The summed E-state index contributed by atoms with van der Waals surface area (Å²) in [5.74, 6) is -0.949. The van der Waals surface area contributed by atoms with Crippen LogP contribution in [0.25, 0.3) is 0 Å². The number of aryl methyl sites for hydroxylation is 1. The molecule has 1 aromatic carbocycles. The first-order chi connectivity index (χ1) is 11.5. The largest absolute Gasteiger partial charge is 0.344 e. The Kier molecular flexibility index (Phi) is 4.11. The zero-order valence-corrected chi connectivity index (χ0v) is 14.1. The molecule has 1 fully saturated rings. The van der Waals surface area contributed by atoms with Crippen LogP contribution < -0.4 is 10.7 Å². The van der Waals surface area contributed by atoms with Crippen molar-refractivity contribution in [2.75, 3.05) is 0 Å². The number of imide groups is 1. The van der Waals surface area contributed by atoms with Gasteiger partial charge < -0.3 is 5.32 Å². The third kappa shape index (κ3) is 2.46. The van der Waals surface area contributed by atoms with E-state index < -0.39 is 23.4 Å². The molecule has 2 N–H and O–H groups in total. The van der Waals surface area contributed by atoms with Crippen LogP contribution in [-0.4, -0.2) is 22.9 Å². The lowest BCUT2D eigenvalue weighted by molar-refractivity contribution is -0.133. The molecule has 0 aliphatic carbocycles. The number of carbonyl (C=O) groups is 3. The highest BCUT2D eigenvalue weighted by atomic mass is 32.1. The molecule has 2 aromatic rings. The second-order valence-electron chi connectivity index (χ2n) is 5.57. The van der Waals surface area contributed by atoms with Crippen LogP contribution in [0.2, 0.25) is 0 Å². The Morgan fingerprint density at radius 2 is 1.96 bits per heavy atom. The van der Waals surface area contributed by atoms with E-state index in [2.05, 4.69) is 10.7 Å². The number of urea groups is 1. The Labute approximate surface area is 143 Å². The fourth-order valence-electron chi connectivity index (χ4n) is 2.80. The van der Waals surface area contributed by atoms with Crippen LogP contribution in [0.3, 0.4) is 0 Å². The summed E-state index contributed by atoms with van der Waals surface area (Å²) in [4.78, 5) is 38.0. The summed E-state index contributed by atoms with van der Waals surface area (Å²) < 4.78 is 0. The van der Waals surface area contributed by atoms with Gasteiger partial charge in [-0.25, -0.2) is 4.79 Å². The van der Waals surface area contributed by atoms with E-state index in [1.807, 2.05) is 31.2 Å². The number of rotatable bonds is 4. The Hall–Kier alpha value is -2.67. The Balaban J connectivity index is 1.89. The lowest BCUT2D eigenvalue weighted by Crippen LogP contribution is -2.48. The summed E-state index contributed by atoms with van der Waals surface area (Å²) in [5, 5.41) is 5.29.